The van der Waals surface area contributed by atoms with E-state index in [2.05, 4.69) is 10.3 Å². The average molecular weight is 384 g/mol. The van der Waals surface area contributed by atoms with Crippen molar-refractivity contribution >= 4 is 29.8 Å². The second kappa shape index (κ2) is 6.42. The van der Waals surface area contributed by atoms with Crippen molar-refractivity contribution in [2.24, 2.45) is 4.99 Å². The van der Waals surface area contributed by atoms with Crippen molar-refractivity contribution in [1.82, 2.24) is 5.32 Å². The number of cyclic esters (lactones) is 1. The highest BCUT2D eigenvalue weighted by molar-refractivity contribution is 6.21. The largest absolute Gasteiger partial charge is 0.457 e. The molecule has 0 spiro atoms. The van der Waals surface area contributed by atoms with Gasteiger partial charge < -0.3 is 9.15 Å². The maximum atomic E-state index is 12.1. The van der Waals surface area contributed by atoms with E-state index in [4.69, 9.17) is 9.15 Å². The summed E-state index contributed by atoms with van der Waals surface area (Å²) in [5.74, 6) is -0.264. The minimum Gasteiger partial charge on any atom is -0.457 e. The van der Waals surface area contributed by atoms with Crippen LogP contribution in [0, 0.1) is 0 Å². The van der Waals surface area contributed by atoms with Crippen LogP contribution in [0.3, 0.4) is 0 Å². The molecule has 0 unspecified atom stereocenters. The first-order valence-electron chi connectivity index (χ1n) is 8.76. The van der Waals surface area contributed by atoms with Gasteiger partial charge in [0.1, 0.15) is 11.5 Å². The van der Waals surface area contributed by atoms with Crippen LogP contribution in [0.2, 0.25) is 0 Å². The summed E-state index contributed by atoms with van der Waals surface area (Å²) in [7, 11) is 0. The van der Waals surface area contributed by atoms with E-state index in [1.807, 2.05) is 18.2 Å². The number of amides is 2. The molecule has 2 amide bonds. The molecule has 29 heavy (non-hydrogen) atoms. The van der Waals surface area contributed by atoms with Gasteiger partial charge in [-0.15, -0.1) is 0 Å². The number of hydrogen-bond donors (Lipinski definition) is 1. The van der Waals surface area contributed by atoms with E-state index >= 15 is 0 Å². The van der Waals surface area contributed by atoms with Gasteiger partial charge in [-0.05, 0) is 36.4 Å². The van der Waals surface area contributed by atoms with E-state index in [-0.39, 0.29) is 11.6 Å². The number of carbonyl (C=O) groups excluding carboxylic acids is 3. The highest BCUT2D eigenvalue weighted by atomic mass is 16.6. The predicted octanol–water partition coefficient (Wildman–Crippen LogP) is 3.17. The molecular weight excluding hydrogens is 372 g/mol. The summed E-state index contributed by atoms with van der Waals surface area (Å²) in [5.41, 5.74) is 2.11. The molecule has 0 atom stereocenters. The van der Waals surface area contributed by atoms with Gasteiger partial charge in [0.2, 0.25) is 5.90 Å². The number of benzene rings is 2. The number of aliphatic imine (C=N–C) groups is 1. The second-order valence-corrected chi connectivity index (χ2v) is 6.45. The Morgan fingerprint density at radius 1 is 0.828 bits per heavy atom. The summed E-state index contributed by atoms with van der Waals surface area (Å²) in [6, 6.07) is 17.4. The van der Waals surface area contributed by atoms with Crippen molar-refractivity contribution in [2.45, 2.75) is 0 Å². The van der Waals surface area contributed by atoms with Crippen molar-refractivity contribution in [3.63, 3.8) is 0 Å². The summed E-state index contributed by atoms with van der Waals surface area (Å²) in [6.45, 7) is 0. The van der Waals surface area contributed by atoms with E-state index in [0.29, 0.717) is 33.8 Å². The molecule has 140 valence electrons. The molecule has 3 heterocycles. The molecule has 7 heteroatoms. The molecule has 7 nitrogen and oxygen atoms in total. The lowest BCUT2D eigenvalue weighted by atomic mass is 10.0. The molecule has 1 N–H and O–H groups in total. The van der Waals surface area contributed by atoms with Crippen LogP contribution < -0.4 is 5.32 Å². The SMILES string of the molecule is O=C1OC(c2ccccc2)=N/C1=C/c1ccc(-c2ccc3c(c2)C(=O)NC3=O)o1. The van der Waals surface area contributed by atoms with Crippen molar-refractivity contribution in [2.75, 3.05) is 0 Å². The van der Waals surface area contributed by atoms with Gasteiger partial charge in [-0.3, -0.25) is 14.9 Å². The fraction of sp³-hybridized carbons (Fsp3) is 0. The van der Waals surface area contributed by atoms with Crippen molar-refractivity contribution in [3.8, 4) is 11.3 Å². The zero-order chi connectivity index (χ0) is 20.0. The number of nitrogens with one attached hydrogen (secondary N) is 1. The first-order chi connectivity index (χ1) is 14.1. The van der Waals surface area contributed by atoms with Crippen LogP contribution in [0.5, 0.6) is 0 Å². The minimum atomic E-state index is -0.561. The zero-order valence-electron chi connectivity index (χ0n) is 14.8. The lowest BCUT2D eigenvalue weighted by Gasteiger charge is -1.99. The Bertz CT molecular complexity index is 1250. The third-order valence-corrected chi connectivity index (χ3v) is 4.57. The van der Waals surface area contributed by atoms with E-state index in [1.165, 1.54) is 6.08 Å². The van der Waals surface area contributed by atoms with Gasteiger partial charge in [-0.1, -0.05) is 24.3 Å². The van der Waals surface area contributed by atoms with E-state index in [1.54, 1.807) is 42.5 Å². The van der Waals surface area contributed by atoms with Gasteiger partial charge in [0, 0.05) is 17.2 Å². The number of nitrogens with zero attached hydrogens (tertiary/aromatic N) is 1. The summed E-state index contributed by atoms with van der Waals surface area (Å²) in [6.07, 6.45) is 1.49. The Labute approximate surface area is 164 Å². The van der Waals surface area contributed by atoms with Crippen LogP contribution >= 0.6 is 0 Å². The van der Waals surface area contributed by atoms with Gasteiger partial charge in [0.25, 0.3) is 11.8 Å². The number of furan rings is 1. The number of ether oxygens (including phenoxy) is 1. The number of esters is 1. The molecular formula is C22H12N2O5. The molecule has 1 aromatic heterocycles. The van der Waals surface area contributed by atoms with Crippen molar-refractivity contribution in [1.29, 1.82) is 0 Å². The number of hydrogen-bond acceptors (Lipinski definition) is 6. The monoisotopic (exact) mass is 384 g/mol. The van der Waals surface area contributed by atoms with Crippen LogP contribution in [0.25, 0.3) is 17.4 Å². The molecule has 2 aliphatic rings. The van der Waals surface area contributed by atoms with Gasteiger partial charge in [0.15, 0.2) is 5.70 Å². The summed E-state index contributed by atoms with van der Waals surface area (Å²) in [4.78, 5) is 39.9. The van der Waals surface area contributed by atoms with Crippen molar-refractivity contribution < 1.29 is 23.5 Å². The van der Waals surface area contributed by atoms with E-state index in [0.717, 1.165) is 0 Å². The van der Waals surface area contributed by atoms with Gasteiger partial charge in [-0.25, -0.2) is 9.79 Å². The highest BCUT2D eigenvalue weighted by Crippen LogP contribution is 2.28. The predicted molar refractivity (Wildman–Crippen MR) is 103 cm³/mol. The van der Waals surface area contributed by atoms with Gasteiger partial charge in [0.05, 0.1) is 11.1 Å². The fourth-order valence-corrected chi connectivity index (χ4v) is 3.15. The molecule has 0 bridgehead atoms. The Balaban J connectivity index is 1.45. The molecule has 0 radical (unpaired) electrons. The summed E-state index contributed by atoms with van der Waals surface area (Å²) >= 11 is 0. The van der Waals surface area contributed by atoms with Gasteiger partial charge in [-0.2, -0.15) is 0 Å². The zero-order valence-corrected chi connectivity index (χ0v) is 14.8. The Morgan fingerprint density at radius 2 is 1.62 bits per heavy atom. The number of carbonyl (C=O) groups is 3. The number of imide groups is 1. The first kappa shape index (κ1) is 16.9. The third-order valence-electron chi connectivity index (χ3n) is 4.57. The highest BCUT2D eigenvalue weighted by Gasteiger charge is 2.27. The average Bonchev–Trinajstić information content (AvgIpc) is 3.42. The minimum absolute atomic E-state index is 0.128. The Morgan fingerprint density at radius 3 is 2.45 bits per heavy atom. The second-order valence-electron chi connectivity index (χ2n) is 6.45. The lowest BCUT2D eigenvalue weighted by Crippen LogP contribution is -2.19. The smallest absolute Gasteiger partial charge is 0.363 e. The topological polar surface area (TPSA) is 98.0 Å². The fourth-order valence-electron chi connectivity index (χ4n) is 3.15. The van der Waals surface area contributed by atoms with Crippen molar-refractivity contribution in [3.05, 3.63) is 88.8 Å². The van der Waals surface area contributed by atoms with Crippen LogP contribution in [0.15, 0.2) is 75.8 Å². The van der Waals surface area contributed by atoms with Gasteiger partial charge >= 0.3 is 5.97 Å². The maximum absolute atomic E-state index is 12.1. The molecule has 2 aliphatic heterocycles. The summed E-state index contributed by atoms with van der Waals surface area (Å²) in [5, 5.41) is 2.25. The van der Waals surface area contributed by atoms with Crippen LogP contribution in [0.1, 0.15) is 32.0 Å². The standard InChI is InChI=1S/C22H12N2O5/c25-19-15-8-6-13(10-16(15)20(26)24-19)18-9-7-14(28-18)11-17-22(27)29-21(23-17)12-4-2-1-3-5-12/h1-11H,(H,24,25,26)/b17-11+. The Hall–Kier alpha value is -4.26. The number of fused-ring (bicyclic) bond motifs is 1. The first-order valence-corrected chi connectivity index (χ1v) is 8.76. The van der Waals surface area contributed by atoms with Crippen LogP contribution in [0.4, 0.5) is 0 Å². The molecule has 2 aromatic carbocycles. The summed E-state index contributed by atoms with van der Waals surface area (Å²) < 4.78 is 11.0. The van der Waals surface area contributed by atoms with Crippen LogP contribution in [-0.4, -0.2) is 23.7 Å². The Kier molecular flexibility index (Phi) is 3.74. The molecule has 0 saturated heterocycles. The molecule has 0 saturated carbocycles. The molecule has 3 aromatic rings. The number of rotatable bonds is 3. The maximum Gasteiger partial charge on any atom is 0.363 e. The quantitative estimate of drug-likeness (QED) is 0.425. The normalized spacial score (nSPS) is 16.6. The van der Waals surface area contributed by atoms with E-state index < -0.39 is 17.8 Å². The van der Waals surface area contributed by atoms with E-state index in [9.17, 15) is 14.4 Å². The molecule has 0 fully saturated rings. The molecule has 0 aliphatic carbocycles. The lowest BCUT2D eigenvalue weighted by molar-refractivity contribution is -0.129. The molecule has 5 rings (SSSR count). The van der Waals surface area contributed by atoms with Crippen LogP contribution in [-0.2, 0) is 9.53 Å². The third kappa shape index (κ3) is 2.94.